The van der Waals surface area contributed by atoms with Crippen molar-refractivity contribution in [2.75, 3.05) is 6.54 Å². The quantitative estimate of drug-likeness (QED) is 0.772. The Hall–Kier alpha value is -0.570. The molecular formula is C12H24N2O. The monoisotopic (exact) mass is 212 g/mol. The van der Waals surface area contributed by atoms with E-state index in [1.54, 1.807) is 0 Å². The smallest absolute Gasteiger partial charge is 0.240 e. The molecule has 0 aromatic carbocycles. The second-order valence-corrected chi connectivity index (χ2v) is 4.65. The van der Waals surface area contributed by atoms with E-state index in [-0.39, 0.29) is 17.9 Å². The van der Waals surface area contributed by atoms with Crippen LogP contribution in [-0.2, 0) is 4.79 Å². The second kappa shape index (κ2) is 5.50. The topological polar surface area (TPSA) is 46.3 Å². The molecule has 0 spiro atoms. The summed E-state index contributed by atoms with van der Waals surface area (Å²) in [7, 11) is 0. The fourth-order valence-corrected chi connectivity index (χ4v) is 2.24. The summed E-state index contributed by atoms with van der Waals surface area (Å²) in [5.41, 5.74) is 5.98. The van der Waals surface area contributed by atoms with Gasteiger partial charge in [-0.05, 0) is 25.2 Å². The fraction of sp³-hybridized carbons (Fsp3) is 0.917. The van der Waals surface area contributed by atoms with Crippen LogP contribution in [0.2, 0.25) is 0 Å². The number of amides is 1. The summed E-state index contributed by atoms with van der Waals surface area (Å²) < 4.78 is 0. The number of rotatable bonds is 4. The molecule has 15 heavy (non-hydrogen) atoms. The number of carbonyl (C=O) groups is 1. The molecule has 0 saturated carbocycles. The molecule has 1 saturated heterocycles. The molecule has 1 aliphatic rings. The van der Waals surface area contributed by atoms with Crippen molar-refractivity contribution >= 4 is 5.91 Å². The van der Waals surface area contributed by atoms with Gasteiger partial charge in [-0.1, -0.05) is 27.2 Å². The van der Waals surface area contributed by atoms with Crippen LogP contribution in [-0.4, -0.2) is 29.4 Å². The van der Waals surface area contributed by atoms with Gasteiger partial charge < -0.3 is 10.6 Å². The Kier molecular flexibility index (Phi) is 4.58. The van der Waals surface area contributed by atoms with Crippen molar-refractivity contribution in [1.29, 1.82) is 0 Å². The fourth-order valence-electron chi connectivity index (χ4n) is 2.24. The highest BCUT2D eigenvalue weighted by Crippen LogP contribution is 2.22. The van der Waals surface area contributed by atoms with E-state index >= 15 is 0 Å². The van der Waals surface area contributed by atoms with E-state index < -0.39 is 0 Å². The first-order valence-electron chi connectivity index (χ1n) is 6.17. The van der Waals surface area contributed by atoms with E-state index in [2.05, 4.69) is 20.8 Å². The van der Waals surface area contributed by atoms with Gasteiger partial charge >= 0.3 is 0 Å². The van der Waals surface area contributed by atoms with Gasteiger partial charge in [-0.3, -0.25) is 4.79 Å². The van der Waals surface area contributed by atoms with Crippen molar-refractivity contribution in [3.63, 3.8) is 0 Å². The van der Waals surface area contributed by atoms with Gasteiger partial charge in [0.25, 0.3) is 0 Å². The van der Waals surface area contributed by atoms with Crippen LogP contribution in [0.5, 0.6) is 0 Å². The molecule has 1 fully saturated rings. The molecule has 1 heterocycles. The van der Waals surface area contributed by atoms with Crippen molar-refractivity contribution in [3.05, 3.63) is 0 Å². The van der Waals surface area contributed by atoms with E-state index in [1.807, 2.05) is 4.90 Å². The maximum absolute atomic E-state index is 12.1. The van der Waals surface area contributed by atoms with E-state index in [4.69, 9.17) is 5.73 Å². The average Bonchev–Trinajstić information content (AvgIpc) is 2.73. The van der Waals surface area contributed by atoms with E-state index in [0.717, 1.165) is 32.2 Å². The first kappa shape index (κ1) is 12.5. The van der Waals surface area contributed by atoms with Crippen LogP contribution in [0.25, 0.3) is 0 Å². The lowest BCUT2D eigenvalue weighted by molar-refractivity contribution is -0.134. The Morgan fingerprint density at radius 3 is 2.73 bits per heavy atom. The standard InChI is InChI=1S/C12H24N2O/c1-4-9(3)11(13)12(15)14-8-6-7-10(14)5-2/h9-11H,4-8,13H2,1-3H3/t9?,10?,11-/m0/s1. The Morgan fingerprint density at radius 2 is 2.20 bits per heavy atom. The summed E-state index contributed by atoms with van der Waals surface area (Å²) in [5, 5.41) is 0. The average molecular weight is 212 g/mol. The van der Waals surface area contributed by atoms with Gasteiger partial charge in [-0.25, -0.2) is 0 Å². The summed E-state index contributed by atoms with van der Waals surface area (Å²) in [6.45, 7) is 7.19. The lowest BCUT2D eigenvalue weighted by atomic mass is 9.98. The third-order valence-corrected chi connectivity index (χ3v) is 3.67. The lowest BCUT2D eigenvalue weighted by Crippen LogP contribution is -2.48. The zero-order chi connectivity index (χ0) is 11.4. The molecule has 0 radical (unpaired) electrons. The molecule has 2 N–H and O–H groups in total. The predicted octanol–water partition coefficient (Wildman–Crippen LogP) is 1.76. The van der Waals surface area contributed by atoms with Gasteiger partial charge in [0, 0.05) is 12.6 Å². The minimum Gasteiger partial charge on any atom is -0.338 e. The lowest BCUT2D eigenvalue weighted by Gasteiger charge is -2.28. The molecule has 1 amide bonds. The van der Waals surface area contributed by atoms with E-state index in [1.165, 1.54) is 0 Å². The molecule has 88 valence electrons. The van der Waals surface area contributed by atoms with Gasteiger partial charge in [-0.15, -0.1) is 0 Å². The second-order valence-electron chi connectivity index (χ2n) is 4.65. The van der Waals surface area contributed by atoms with Gasteiger partial charge in [0.1, 0.15) is 0 Å². The molecule has 0 bridgehead atoms. The number of likely N-dealkylation sites (tertiary alicyclic amines) is 1. The van der Waals surface area contributed by atoms with Gasteiger partial charge in [0.05, 0.1) is 6.04 Å². The Balaban J connectivity index is 2.59. The first-order chi connectivity index (χ1) is 7.11. The summed E-state index contributed by atoms with van der Waals surface area (Å²) in [4.78, 5) is 14.1. The summed E-state index contributed by atoms with van der Waals surface area (Å²) in [6.07, 6.45) is 4.31. The van der Waals surface area contributed by atoms with Gasteiger partial charge in [0.15, 0.2) is 0 Å². The molecule has 1 rings (SSSR count). The van der Waals surface area contributed by atoms with Crippen molar-refractivity contribution < 1.29 is 4.79 Å². The largest absolute Gasteiger partial charge is 0.338 e. The maximum Gasteiger partial charge on any atom is 0.240 e. The molecule has 3 nitrogen and oxygen atoms in total. The SMILES string of the molecule is CCC(C)[C@H](N)C(=O)N1CCCC1CC. The maximum atomic E-state index is 12.1. The van der Waals surface area contributed by atoms with Crippen LogP contribution >= 0.6 is 0 Å². The Morgan fingerprint density at radius 1 is 1.53 bits per heavy atom. The number of nitrogens with zero attached hydrogens (tertiary/aromatic N) is 1. The highest BCUT2D eigenvalue weighted by molar-refractivity contribution is 5.82. The van der Waals surface area contributed by atoms with Crippen molar-refractivity contribution in [2.24, 2.45) is 11.7 Å². The van der Waals surface area contributed by atoms with Gasteiger partial charge in [-0.2, -0.15) is 0 Å². The van der Waals surface area contributed by atoms with Crippen LogP contribution in [0.1, 0.15) is 46.5 Å². The molecule has 0 aromatic heterocycles. The third-order valence-electron chi connectivity index (χ3n) is 3.67. The number of hydrogen-bond donors (Lipinski definition) is 1. The zero-order valence-corrected chi connectivity index (χ0v) is 10.2. The van der Waals surface area contributed by atoms with Gasteiger partial charge in [0.2, 0.25) is 5.91 Å². The van der Waals surface area contributed by atoms with Crippen LogP contribution in [0, 0.1) is 5.92 Å². The number of hydrogen-bond acceptors (Lipinski definition) is 2. The minimum absolute atomic E-state index is 0.161. The molecule has 0 aliphatic carbocycles. The van der Waals surface area contributed by atoms with Crippen molar-refractivity contribution in [1.82, 2.24) is 4.90 Å². The number of nitrogens with two attached hydrogens (primary N) is 1. The Bertz CT molecular complexity index is 218. The van der Waals surface area contributed by atoms with E-state index in [9.17, 15) is 4.79 Å². The van der Waals surface area contributed by atoms with Crippen molar-refractivity contribution in [2.45, 2.75) is 58.5 Å². The van der Waals surface area contributed by atoms with Crippen LogP contribution < -0.4 is 5.73 Å². The number of carbonyl (C=O) groups excluding carboxylic acids is 1. The summed E-state index contributed by atoms with van der Waals surface area (Å²) in [6, 6.07) is 0.134. The first-order valence-corrected chi connectivity index (χ1v) is 6.17. The highest BCUT2D eigenvalue weighted by Gasteiger charge is 2.32. The summed E-state index contributed by atoms with van der Waals surface area (Å²) in [5.74, 6) is 0.448. The molecule has 3 heteroatoms. The van der Waals surface area contributed by atoms with Crippen molar-refractivity contribution in [3.8, 4) is 0 Å². The normalized spacial score (nSPS) is 25.3. The highest BCUT2D eigenvalue weighted by atomic mass is 16.2. The minimum atomic E-state index is -0.304. The molecule has 3 atom stereocenters. The molecular weight excluding hydrogens is 188 g/mol. The zero-order valence-electron chi connectivity index (χ0n) is 10.2. The van der Waals surface area contributed by atoms with Crippen LogP contribution in [0.3, 0.4) is 0 Å². The summed E-state index contributed by atoms with van der Waals surface area (Å²) >= 11 is 0. The third kappa shape index (κ3) is 2.71. The van der Waals surface area contributed by atoms with E-state index in [0.29, 0.717) is 6.04 Å². The molecule has 2 unspecified atom stereocenters. The van der Waals surface area contributed by atoms with Crippen LogP contribution in [0.4, 0.5) is 0 Å². The molecule has 1 aliphatic heterocycles. The van der Waals surface area contributed by atoms with Crippen LogP contribution in [0.15, 0.2) is 0 Å². The molecule has 0 aromatic rings. The Labute approximate surface area is 93.0 Å². The predicted molar refractivity (Wildman–Crippen MR) is 62.5 cm³/mol.